The highest BCUT2D eigenvalue weighted by molar-refractivity contribution is 6.31. The summed E-state index contributed by atoms with van der Waals surface area (Å²) in [6.45, 7) is 3.35. The summed E-state index contributed by atoms with van der Waals surface area (Å²) in [5.74, 6) is -0.0576. The number of anilines is 1. The van der Waals surface area contributed by atoms with Gasteiger partial charge in [0.05, 0.1) is 42.2 Å². The molecule has 3 aromatic rings. The van der Waals surface area contributed by atoms with Crippen LogP contribution in [0.25, 0.3) is 16.9 Å². The fourth-order valence-electron chi connectivity index (χ4n) is 3.19. The van der Waals surface area contributed by atoms with Crippen LogP contribution in [-0.4, -0.2) is 68.3 Å². The molecule has 0 aliphatic carbocycles. The zero-order valence-corrected chi connectivity index (χ0v) is 17.7. The van der Waals surface area contributed by atoms with Crippen molar-refractivity contribution in [1.82, 2.24) is 25.1 Å². The lowest BCUT2D eigenvalue weighted by Crippen LogP contribution is -2.59. The van der Waals surface area contributed by atoms with Gasteiger partial charge >= 0.3 is 0 Å². The minimum Gasteiger partial charge on any atom is -0.382 e. The summed E-state index contributed by atoms with van der Waals surface area (Å²) in [5, 5.41) is 21.3. The lowest BCUT2D eigenvalue weighted by Gasteiger charge is -2.38. The number of ether oxygens (including phenoxy) is 1. The number of fused-ring (bicyclic) bond motifs is 1. The molecule has 3 aromatic heterocycles. The Balaban J connectivity index is 1.60. The summed E-state index contributed by atoms with van der Waals surface area (Å²) in [5.41, 5.74) is -0.225. The number of hydrogen-bond acceptors (Lipinski definition) is 7. The van der Waals surface area contributed by atoms with Gasteiger partial charge in [0.1, 0.15) is 5.60 Å². The molecule has 1 aliphatic heterocycles. The first-order valence-corrected chi connectivity index (χ1v) is 10.1. The Morgan fingerprint density at radius 2 is 2.10 bits per heavy atom. The van der Waals surface area contributed by atoms with E-state index in [0.29, 0.717) is 22.2 Å². The Morgan fingerprint density at radius 3 is 2.77 bits per heavy atom. The maximum absolute atomic E-state index is 14.2. The van der Waals surface area contributed by atoms with Gasteiger partial charge in [-0.05, 0) is 19.9 Å². The normalized spacial score (nSPS) is 16.2. The summed E-state index contributed by atoms with van der Waals surface area (Å²) >= 11 is 5.99. The predicted molar refractivity (Wildman–Crippen MR) is 113 cm³/mol. The van der Waals surface area contributed by atoms with E-state index in [1.165, 1.54) is 12.4 Å². The molecule has 0 radical (unpaired) electrons. The summed E-state index contributed by atoms with van der Waals surface area (Å²) < 4.78 is 20.6. The van der Waals surface area contributed by atoms with Crippen molar-refractivity contribution >= 4 is 34.2 Å². The molecule has 1 atom stereocenters. The highest BCUT2D eigenvalue weighted by Crippen LogP contribution is 2.25. The number of carbonyl (C=O) groups excluding carboxylic acids is 1. The van der Waals surface area contributed by atoms with Gasteiger partial charge in [0, 0.05) is 29.9 Å². The van der Waals surface area contributed by atoms with Gasteiger partial charge in [0.25, 0.3) is 5.91 Å². The van der Waals surface area contributed by atoms with Crippen LogP contribution in [-0.2, 0) is 4.74 Å². The van der Waals surface area contributed by atoms with Crippen molar-refractivity contribution in [2.75, 3.05) is 25.1 Å². The number of rotatable bonds is 7. The van der Waals surface area contributed by atoms with Gasteiger partial charge in [0.2, 0.25) is 0 Å². The van der Waals surface area contributed by atoms with E-state index in [-0.39, 0.29) is 31.4 Å². The van der Waals surface area contributed by atoms with E-state index in [9.17, 15) is 14.3 Å². The molecule has 0 saturated carbocycles. The van der Waals surface area contributed by atoms with Crippen LogP contribution in [0.2, 0.25) is 5.02 Å². The number of nitrogens with zero attached hydrogens (tertiary/aromatic N) is 4. The predicted octanol–water partition coefficient (Wildman–Crippen LogP) is 2.12. The molecule has 164 valence electrons. The summed E-state index contributed by atoms with van der Waals surface area (Å²) in [7, 11) is 0. The van der Waals surface area contributed by atoms with Gasteiger partial charge in [-0.15, -0.1) is 0 Å². The zero-order chi connectivity index (χ0) is 22.2. The van der Waals surface area contributed by atoms with Crippen molar-refractivity contribution in [3.63, 3.8) is 0 Å². The number of pyridine rings is 2. The monoisotopic (exact) mass is 448 g/mol. The minimum absolute atomic E-state index is 0.0230. The van der Waals surface area contributed by atoms with Crippen molar-refractivity contribution in [1.29, 1.82) is 0 Å². The standard InChI is InChI=1S/C20H22ClFN6O3/c1-11(2)27-15-4-17(28-18-12(5-26-28)3-13(21)6-24-18)23-7-14(15)19(29)25-8-16(22)20(30)9-31-10-20/h3-7,11,16,30H,8-10H2,1-2H3,(H,23,27)(H,25,29). The molecule has 0 bridgehead atoms. The highest BCUT2D eigenvalue weighted by atomic mass is 35.5. The summed E-state index contributed by atoms with van der Waals surface area (Å²) in [4.78, 5) is 21.4. The van der Waals surface area contributed by atoms with Crippen LogP contribution < -0.4 is 10.6 Å². The zero-order valence-electron chi connectivity index (χ0n) is 17.0. The molecule has 1 saturated heterocycles. The first kappa shape index (κ1) is 21.4. The number of aliphatic hydroxyl groups is 1. The fraction of sp³-hybridized carbons (Fsp3) is 0.400. The Labute approximate surface area is 182 Å². The minimum atomic E-state index is -1.63. The lowest BCUT2D eigenvalue weighted by atomic mass is 9.96. The third-order valence-corrected chi connectivity index (χ3v) is 5.11. The molecule has 3 N–H and O–H groups in total. The van der Waals surface area contributed by atoms with Crippen LogP contribution in [0.1, 0.15) is 24.2 Å². The smallest absolute Gasteiger partial charge is 0.255 e. The second kappa shape index (κ2) is 8.37. The van der Waals surface area contributed by atoms with Gasteiger partial charge in [-0.25, -0.2) is 14.4 Å². The van der Waals surface area contributed by atoms with E-state index in [0.717, 1.165) is 5.39 Å². The molecule has 4 heterocycles. The number of nitrogens with one attached hydrogen (secondary N) is 2. The quantitative estimate of drug-likeness (QED) is 0.507. The molecule has 1 fully saturated rings. The summed E-state index contributed by atoms with van der Waals surface area (Å²) in [6.07, 6.45) is 2.91. The Bertz CT molecular complexity index is 1120. The lowest BCUT2D eigenvalue weighted by molar-refractivity contribution is -0.208. The SMILES string of the molecule is CC(C)Nc1cc(-n2ncc3cc(Cl)cnc32)ncc1C(=O)NCC(F)C1(O)COC1. The van der Waals surface area contributed by atoms with Crippen molar-refractivity contribution in [3.8, 4) is 5.82 Å². The van der Waals surface area contributed by atoms with Crippen LogP contribution in [0, 0.1) is 0 Å². The number of carbonyl (C=O) groups is 1. The second-order valence-corrected chi connectivity index (χ2v) is 8.22. The maximum Gasteiger partial charge on any atom is 0.255 e. The van der Waals surface area contributed by atoms with Gasteiger partial charge in [-0.1, -0.05) is 11.6 Å². The van der Waals surface area contributed by atoms with Gasteiger partial charge < -0.3 is 20.5 Å². The van der Waals surface area contributed by atoms with Crippen molar-refractivity contribution in [3.05, 3.63) is 41.3 Å². The van der Waals surface area contributed by atoms with E-state index in [1.54, 1.807) is 23.0 Å². The van der Waals surface area contributed by atoms with Crippen molar-refractivity contribution in [2.45, 2.75) is 31.7 Å². The number of aromatic nitrogens is 4. The maximum atomic E-state index is 14.2. The van der Waals surface area contributed by atoms with Crippen LogP contribution in [0.4, 0.5) is 10.1 Å². The van der Waals surface area contributed by atoms with Crippen LogP contribution in [0.5, 0.6) is 0 Å². The van der Waals surface area contributed by atoms with Gasteiger partial charge in [-0.2, -0.15) is 9.78 Å². The number of halogens is 2. The molecule has 0 spiro atoms. The average molecular weight is 449 g/mol. The van der Waals surface area contributed by atoms with Crippen LogP contribution >= 0.6 is 11.6 Å². The molecule has 11 heteroatoms. The molecule has 9 nitrogen and oxygen atoms in total. The summed E-state index contributed by atoms with van der Waals surface area (Å²) in [6, 6.07) is 3.45. The second-order valence-electron chi connectivity index (χ2n) is 7.78. The number of hydrogen-bond donors (Lipinski definition) is 3. The molecule has 4 rings (SSSR count). The van der Waals surface area contributed by atoms with E-state index >= 15 is 0 Å². The molecule has 1 unspecified atom stereocenters. The van der Waals surface area contributed by atoms with E-state index in [4.69, 9.17) is 16.3 Å². The Kier molecular flexibility index (Phi) is 5.78. The van der Waals surface area contributed by atoms with E-state index in [1.807, 2.05) is 13.8 Å². The average Bonchev–Trinajstić information content (AvgIpc) is 3.12. The first-order chi connectivity index (χ1) is 14.8. The number of alkyl halides is 1. The Morgan fingerprint density at radius 1 is 1.32 bits per heavy atom. The largest absolute Gasteiger partial charge is 0.382 e. The van der Waals surface area contributed by atoms with Crippen molar-refractivity contribution < 1.29 is 19.0 Å². The molecule has 31 heavy (non-hydrogen) atoms. The fourth-order valence-corrected chi connectivity index (χ4v) is 3.36. The first-order valence-electron chi connectivity index (χ1n) is 9.75. The third-order valence-electron chi connectivity index (χ3n) is 4.90. The van der Waals surface area contributed by atoms with Gasteiger partial charge in [0.15, 0.2) is 17.6 Å². The van der Waals surface area contributed by atoms with Crippen LogP contribution in [0.3, 0.4) is 0 Å². The topological polar surface area (TPSA) is 114 Å². The van der Waals surface area contributed by atoms with Crippen LogP contribution in [0.15, 0.2) is 30.7 Å². The Hall–Kier alpha value is -2.82. The molecule has 1 amide bonds. The van der Waals surface area contributed by atoms with E-state index < -0.39 is 17.7 Å². The van der Waals surface area contributed by atoms with E-state index in [2.05, 4.69) is 25.7 Å². The van der Waals surface area contributed by atoms with Gasteiger partial charge in [-0.3, -0.25) is 4.79 Å². The molecule has 1 aliphatic rings. The third kappa shape index (κ3) is 4.32. The highest BCUT2D eigenvalue weighted by Gasteiger charge is 2.44. The van der Waals surface area contributed by atoms with Crippen molar-refractivity contribution in [2.24, 2.45) is 0 Å². The number of amides is 1. The molecular formula is C20H22ClFN6O3. The molecule has 0 aromatic carbocycles. The molecular weight excluding hydrogens is 427 g/mol.